The second-order valence-electron chi connectivity index (χ2n) is 5.13. The van der Waals surface area contributed by atoms with E-state index in [-0.39, 0.29) is 12.4 Å². The molecule has 0 bridgehead atoms. The summed E-state index contributed by atoms with van der Waals surface area (Å²) in [6.45, 7) is 2.56. The van der Waals surface area contributed by atoms with Gasteiger partial charge in [-0.15, -0.1) is 5.01 Å². The first kappa shape index (κ1) is 18.3. The van der Waals surface area contributed by atoms with E-state index in [1.165, 1.54) is 5.01 Å². The Morgan fingerprint density at radius 2 is 1.84 bits per heavy atom. The van der Waals surface area contributed by atoms with Crippen LogP contribution in [0.3, 0.4) is 0 Å². The average Bonchev–Trinajstić information content (AvgIpc) is 2.60. The molecule has 0 spiro atoms. The number of benzene rings is 1. The fraction of sp³-hybridized carbons (Fsp3) is 0.500. The van der Waals surface area contributed by atoms with Crippen LogP contribution in [-0.4, -0.2) is 74.4 Å². The third kappa shape index (κ3) is 4.71. The van der Waals surface area contributed by atoms with Crippen molar-refractivity contribution in [2.75, 3.05) is 39.3 Å². The molecule has 0 amide bonds. The summed E-state index contributed by atoms with van der Waals surface area (Å²) in [6, 6.07) is 2.82. The second kappa shape index (κ2) is 8.16. The lowest BCUT2D eigenvalue weighted by Gasteiger charge is -2.28. The first-order valence-corrected chi connectivity index (χ1v) is 7.30. The molecule has 1 heterocycles. The lowest BCUT2D eigenvalue weighted by atomic mass is 10.2. The molecule has 1 aliphatic heterocycles. The SMILES string of the molecule is O=[N+]([O-])c1ccc(O/N=[N+](\O)N2CCN(CCO)CC2)c([N+](=O)[O-])c1. The summed E-state index contributed by atoms with van der Waals surface area (Å²) in [4.78, 5) is 27.3. The van der Waals surface area contributed by atoms with Crippen LogP contribution in [0.5, 0.6) is 5.75 Å². The Morgan fingerprint density at radius 1 is 1.16 bits per heavy atom. The number of nitrogens with zero attached hydrogens (tertiary/aromatic N) is 6. The molecule has 0 saturated carbocycles. The van der Waals surface area contributed by atoms with Gasteiger partial charge in [-0.1, -0.05) is 0 Å². The highest BCUT2D eigenvalue weighted by atomic mass is 16.7. The molecule has 1 aliphatic rings. The largest absolute Gasteiger partial charge is 0.395 e. The van der Waals surface area contributed by atoms with E-state index in [2.05, 4.69) is 5.28 Å². The maximum Gasteiger partial charge on any atom is 0.321 e. The molecule has 1 fully saturated rings. The Morgan fingerprint density at radius 3 is 2.40 bits per heavy atom. The number of non-ortho nitro benzene ring substituents is 1. The van der Waals surface area contributed by atoms with Crippen molar-refractivity contribution in [2.45, 2.75) is 0 Å². The van der Waals surface area contributed by atoms with E-state index in [1.807, 2.05) is 4.90 Å². The predicted molar refractivity (Wildman–Crippen MR) is 80.0 cm³/mol. The molecule has 0 unspecified atom stereocenters. The molecule has 0 aromatic heterocycles. The molecule has 0 radical (unpaired) electrons. The number of nitro groups is 2. The molecule has 2 N–H and O–H groups in total. The number of nitro benzene ring substituents is 2. The minimum atomic E-state index is -0.840. The van der Waals surface area contributed by atoms with E-state index in [1.54, 1.807) is 0 Å². The average molecular weight is 357 g/mol. The number of hydrogen-bond acceptors (Lipinski definition) is 8. The van der Waals surface area contributed by atoms with Crippen molar-refractivity contribution in [3.8, 4) is 5.75 Å². The molecular weight excluding hydrogens is 340 g/mol. The Labute approximate surface area is 141 Å². The molecule has 1 saturated heterocycles. The molecule has 1 aromatic rings. The van der Waals surface area contributed by atoms with Gasteiger partial charge < -0.3 is 5.11 Å². The molecule has 13 nitrogen and oxygen atoms in total. The van der Waals surface area contributed by atoms with Crippen molar-refractivity contribution < 1.29 is 30.0 Å². The van der Waals surface area contributed by atoms with Gasteiger partial charge in [-0.2, -0.15) is 0 Å². The number of aliphatic hydroxyl groups is 1. The minimum absolute atomic E-state index is 0.0418. The van der Waals surface area contributed by atoms with Crippen LogP contribution in [0.15, 0.2) is 23.5 Å². The third-order valence-electron chi connectivity index (χ3n) is 3.58. The molecule has 2 rings (SSSR count). The van der Waals surface area contributed by atoms with E-state index in [0.29, 0.717) is 37.7 Å². The first-order chi connectivity index (χ1) is 11.9. The van der Waals surface area contributed by atoms with E-state index < -0.39 is 21.2 Å². The zero-order chi connectivity index (χ0) is 18.4. The number of hydrazine groups is 1. The van der Waals surface area contributed by atoms with E-state index in [4.69, 9.17) is 9.94 Å². The highest BCUT2D eigenvalue weighted by Gasteiger charge is 2.27. The molecular formula is C12H17N6O7+. The third-order valence-corrected chi connectivity index (χ3v) is 3.58. The standard InChI is InChI=1S/C12H17N6O7/c19-8-7-14-3-5-15(6-4-14)18(24)13-25-12-2-1-10(16(20)21)9-11(12)17(22)23/h1-2,9,19H,3-8H2,(H,13,24)/q+1. The van der Waals surface area contributed by atoms with Crippen molar-refractivity contribution in [3.05, 3.63) is 38.4 Å². The summed E-state index contributed by atoms with van der Waals surface area (Å²) in [5.74, 6) is -0.339. The van der Waals surface area contributed by atoms with Crippen LogP contribution in [0.25, 0.3) is 0 Å². The highest BCUT2D eigenvalue weighted by molar-refractivity contribution is 5.53. The maximum atomic E-state index is 11.0. The Bertz CT molecular complexity index is 674. The number of β-amino-alcohol motifs (C(OH)–C–C–N with tert-alkyl or cyclic N) is 1. The zero-order valence-corrected chi connectivity index (χ0v) is 13.1. The van der Waals surface area contributed by atoms with Gasteiger partial charge in [0.25, 0.3) is 15.9 Å². The van der Waals surface area contributed by atoms with Crippen LogP contribution in [0.1, 0.15) is 0 Å². The topological polar surface area (TPSA) is 158 Å². The van der Waals surface area contributed by atoms with Gasteiger partial charge in [0.05, 0.1) is 35.6 Å². The normalized spacial score (nSPS) is 15.9. The van der Waals surface area contributed by atoms with Gasteiger partial charge in [0, 0.05) is 25.7 Å². The predicted octanol–water partition coefficient (Wildman–Crippen LogP) is 0.176. The minimum Gasteiger partial charge on any atom is -0.395 e. The number of rotatable bonds is 7. The lowest BCUT2D eigenvalue weighted by Crippen LogP contribution is -2.50. The van der Waals surface area contributed by atoms with Crippen LogP contribution in [0.2, 0.25) is 0 Å². The maximum absolute atomic E-state index is 11.0. The van der Waals surface area contributed by atoms with Crippen LogP contribution in [0, 0.1) is 20.2 Å². The van der Waals surface area contributed by atoms with Crippen molar-refractivity contribution >= 4 is 11.4 Å². The van der Waals surface area contributed by atoms with E-state index in [0.717, 1.165) is 18.2 Å². The van der Waals surface area contributed by atoms with Gasteiger partial charge in [0.15, 0.2) is 0 Å². The van der Waals surface area contributed by atoms with Crippen molar-refractivity contribution in [1.29, 1.82) is 0 Å². The molecule has 0 atom stereocenters. The quantitative estimate of drug-likeness (QED) is 0.300. The van der Waals surface area contributed by atoms with Gasteiger partial charge in [0.1, 0.15) is 0 Å². The van der Waals surface area contributed by atoms with Crippen molar-refractivity contribution in [1.82, 2.24) is 9.91 Å². The summed E-state index contributed by atoms with van der Waals surface area (Å²) < 4.78 is 0. The van der Waals surface area contributed by atoms with Crippen LogP contribution in [0.4, 0.5) is 11.4 Å². The van der Waals surface area contributed by atoms with Crippen molar-refractivity contribution in [3.63, 3.8) is 0 Å². The fourth-order valence-corrected chi connectivity index (χ4v) is 2.25. The van der Waals surface area contributed by atoms with Crippen LogP contribution < -0.4 is 4.84 Å². The molecule has 25 heavy (non-hydrogen) atoms. The Hall–Kier alpha value is -3.06. The molecule has 13 heteroatoms. The summed E-state index contributed by atoms with van der Waals surface area (Å²) in [6.07, 6.45) is 0. The summed E-state index contributed by atoms with van der Waals surface area (Å²) in [5.41, 5.74) is -1.10. The summed E-state index contributed by atoms with van der Waals surface area (Å²) >= 11 is 0. The Kier molecular flexibility index (Phi) is 5.97. The molecule has 1 aromatic carbocycles. The van der Waals surface area contributed by atoms with Gasteiger partial charge >= 0.3 is 5.69 Å². The van der Waals surface area contributed by atoms with E-state index >= 15 is 0 Å². The second-order valence-corrected chi connectivity index (χ2v) is 5.13. The number of aliphatic hydroxyl groups excluding tert-OH is 1. The van der Waals surface area contributed by atoms with Crippen molar-refractivity contribution in [2.24, 2.45) is 5.28 Å². The monoisotopic (exact) mass is 357 g/mol. The fourth-order valence-electron chi connectivity index (χ4n) is 2.25. The van der Waals surface area contributed by atoms with Crippen LogP contribution in [-0.2, 0) is 0 Å². The van der Waals surface area contributed by atoms with Gasteiger partial charge in [-0.25, -0.2) is 5.21 Å². The van der Waals surface area contributed by atoms with E-state index in [9.17, 15) is 25.4 Å². The van der Waals surface area contributed by atoms with Gasteiger partial charge in [-0.3, -0.25) is 30.0 Å². The zero-order valence-electron chi connectivity index (χ0n) is 13.1. The number of hydrogen-bond donors (Lipinski definition) is 2. The smallest absolute Gasteiger partial charge is 0.321 e. The summed E-state index contributed by atoms with van der Waals surface area (Å²) in [5, 5.41) is 45.2. The number of piperazine rings is 1. The van der Waals surface area contributed by atoms with Gasteiger partial charge in [0.2, 0.25) is 5.75 Å². The lowest BCUT2D eigenvalue weighted by molar-refractivity contribution is -0.940. The molecule has 0 aliphatic carbocycles. The summed E-state index contributed by atoms with van der Waals surface area (Å²) in [7, 11) is 0. The Balaban J connectivity index is 2.05. The highest BCUT2D eigenvalue weighted by Crippen LogP contribution is 2.31. The first-order valence-electron chi connectivity index (χ1n) is 7.30. The molecule has 136 valence electrons. The van der Waals surface area contributed by atoms with Gasteiger partial charge in [-0.05, 0) is 6.07 Å². The van der Waals surface area contributed by atoms with Crippen LogP contribution >= 0.6 is 0 Å².